The second-order valence-corrected chi connectivity index (χ2v) is 7.55. The lowest BCUT2D eigenvalue weighted by atomic mass is 10.00. The zero-order valence-corrected chi connectivity index (χ0v) is 15.3. The standard InChI is InChI=1S/C20H20N2O3S/c23-20(17-12-15-10-4-1-2-7-11-16(15)26-17)24-13-18-21-22-19(25-18)14-8-5-3-6-9-14/h3,5-6,8-9,12H,1-2,4,7,10-11,13H2. The smallest absolute Gasteiger partial charge is 0.348 e. The minimum atomic E-state index is -0.318. The number of thiophene rings is 1. The molecule has 0 N–H and O–H groups in total. The summed E-state index contributed by atoms with van der Waals surface area (Å²) in [6.45, 7) is -0.0127. The number of aryl methyl sites for hydroxylation is 2. The topological polar surface area (TPSA) is 65.2 Å². The van der Waals surface area contributed by atoms with Crippen LogP contribution in [0.1, 0.15) is 51.7 Å². The maximum Gasteiger partial charge on any atom is 0.348 e. The molecule has 6 heteroatoms. The van der Waals surface area contributed by atoms with E-state index in [9.17, 15) is 4.79 Å². The van der Waals surface area contributed by atoms with Crippen molar-refractivity contribution in [1.29, 1.82) is 0 Å². The molecule has 26 heavy (non-hydrogen) atoms. The molecular formula is C20H20N2O3S. The molecule has 0 spiro atoms. The number of hydrogen-bond acceptors (Lipinski definition) is 6. The molecule has 4 rings (SSSR count). The van der Waals surface area contributed by atoms with Crippen molar-refractivity contribution in [1.82, 2.24) is 10.2 Å². The van der Waals surface area contributed by atoms with Gasteiger partial charge in [0.25, 0.3) is 5.89 Å². The molecule has 0 bridgehead atoms. The van der Waals surface area contributed by atoms with Crippen molar-refractivity contribution in [2.45, 2.75) is 45.1 Å². The summed E-state index contributed by atoms with van der Waals surface area (Å²) < 4.78 is 11.0. The van der Waals surface area contributed by atoms with Crippen LogP contribution < -0.4 is 0 Å². The minimum absolute atomic E-state index is 0.0127. The molecule has 1 aliphatic rings. The van der Waals surface area contributed by atoms with Crippen LogP contribution in [0.5, 0.6) is 0 Å². The van der Waals surface area contributed by atoms with E-state index in [4.69, 9.17) is 9.15 Å². The van der Waals surface area contributed by atoms with Crippen LogP contribution in [0.2, 0.25) is 0 Å². The van der Waals surface area contributed by atoms with Gasteiger partial charge in [0.2, 0.25) is 5.89 Å². The zero-order valence-electron chi connectivity index (χ0n) is 14.4. The van der Waals surface area contributed by atoms with Gasteiger partial charge < -0.3 is 9.15 Å². The second kappa shape index (κ2) is 7.83. The fraction of sp³-hybridized carbons (Fsp3) is 0.350. The molecule has 3 aromatic rings. The fourth-order valence-electron chi connectivity index (χ4n) is 3.15. The van der Waals surface area contributed by atoms with Crippen molar-refractivity contribution in [2.75, 3.05) is 0 Å². The quantitative estimate of drug-likeness (QED) is 0.618. The van der Waals surface area contributed by atoms with Gasteiger partial charge in [-0.25, -0.2) is 4.79 Å². The third kappa shape index (κ3) is 3.85. The molecule has 134 valence electrons. The first-order valence-corrected chi connectivity index (χ1v) is 9.78. The largest absolute Gasteiger partial charge is 0.451 e. The summed E-state index contributed by atoms with van der Waals surface area (Å²) in [7, 11) is 0. The highest BCUT2D eigenvalue weighted by Crippen LogP contribution is 2.29. The van der Waals surface area contributed by atoms with Crippen molar-refractivity contribution in [2.24, 2.45) is 0 Å². The summed E-state index contributed by atoms with van der Waals surface area (Å²) in [5, 5.41) is 7.96. The first kappa shape index (κ1) is 17.0. The molecule has 0 saturated heterocycles. The Morgan fingerprint density at radius 1 is 1.08 bits per heavy atom. The van der Waals surface area contributed by atoms with Gasteiger partial charge >= 0.3 is 5.97 Å². The predicted octanol–water partition coefficient (Wildman–Crippen LogP) is 4.81. The first-order valence-electron chi connectivity index (χ1n) is 8.96. The number of hydrogen-bond donors (Lipinski definition) is 0. The van der Waals surface area contributed by atoms with Crippen molar-refractivity contribution in [3.63, 3.8) is 0 Å². The van der Waals surface area contributed by atoms with E-state index in [1.54, 1.807) is 11.3 Å². The number of benzene rings is 1. The van der Waals surface area contributed by atoms with E-state index >= 15 is 0 Å². The van der Waals surface area contributed by atoms with Crippen molar-refractivity contribution in [3.8, 4) is 11.5 Å². The zero-order chi connectivity index (χ0) is 17.8. The number of fused-ring (bicyclic) bond motifs is 1. The number of ether oxygens (including phenoxy) is 1. The van der Waals surface area contributed by atoms with Crippen molar-refractivity contribution in [3.05, 3.63) is 57.6 Å². The van der Waals surface area contributed by atoms with Gasteiger partial charge in [0.05, 0.1) is 0 Å². The van der Waals surface area contributed by atoms with E-state index in [1.165, 1.54) is 36.1 Å². The molecular weight excluding hydrogens is 348 g/mol. The number of esters is 1. The number of rotatable bonds is 4. The highest BCUT2D eigenvalue weighted by Gasteiger charge is 2.18. The summed E-state index contributed by atoms with van der Waals surface area (Å²) in [6, 6.07) is 11.5. The molecule has 0 aliphatic heterocycles. The van der Waals surface area contributed by atoms with Gasteiger partial charge in [0.1, 0.15) is 4.88 Å². The summed E-state index contributed by atoms with van der Waals surface area (Å²) in [6.07, 6.45) is 7.07. The second-order valence-electron chi connectivity index (χ2n) is 6.42. The monoisotopic (exact) mass is 368 g/mol. The van der Waals surface area contributed by atoms with Gasteiger partial charge in [-0.3, -0.25) is 0 Å². The lowest BCUT2D eigenvalue weighted by Crippen LogP contribution is -2.03. The van der Waals surface area contributed by atoms with Gasteiger partial charge in [-0.1, -0.05) is 31.0 Å². The Labute approximate surface area is 156 Å². The fourth-order valence-corrected chi connectivity index (χ4v) is 4.30. The van der Waals surface area contributed by atoms with Crippen LogP contribution in [0, 0.1) is 0 Å². The summed E-state index contributed by atoms with van der Waals surface area (Å²) in [5.74, 6) is 0.407. The SMILES string of the molecule is O=C(OCc1nnc(-c2ccccc2)o1)c1cc2c(s1)CCCCCC2. The molecule has 0 amide bonds. The van der Waals surface area contributed by atoms with E-state index in [0.717, 1.165) is 18.4 Å². The third-order valence-corrected chi connectivity index (χ3v) is 5.73. The van der Waals surface area contributed by atoms with Crippen LogP contribution >= 0.6 is 11.3 Å². The molecule has 2 aromatic heterocycles. The molecule has 0 unspecified atom stereocenters. The van der Waals surface area contributed by atoms with Gasteiger partial charge in [0, 0.05) is 10.4 Å². The van der Waals surface area contributed by atoms with E-state index in [-0.39, 0.29) is 12.6 Å². The van der Waals surface area contributed by atoms with E-state index < -0.39 is 0 Å². The van der Waals surface area contributed by atoms with Gasteiger partial charge in [-0.05, 0) is 49.4 Å². The highest BCUT2D eigenvalue weighted by molar-refractivity contribution is 7.14. The normalized spacial score (nSPS) is 14.3. The van der Waals surface area contributed by atoms with Crippen molar-refractivity contribution >= 4 is 17.3 Å². The van der Waals surface area contributed by atoms with Gasteiger partial charge in [-0.2, -0.15) is 0 Å². The van der Waals surface area contributed by atoms with Gasteiger partial charge in [-0.15, -0.1) is 21.5 Å². The molecule has 5 nitrogen and oxygen atoms in total. The summed E-state index contributed by atoms with van der Waals surface area (Å²) in [5.41, 5.74) is 2.15. The molecule has 0 radical (unpaired) electrons. The molecule has 0 atom stereocenters. The van der Waals surface area contributed by atoms with Crippen LogP contribution in [0.3, 0.4) is 0 Å². The molecule has 0 saturated carbocycles. The van der Waals surface area contributed by atoms with Crippen molar-refractivity contribution < 1.29 is 13.9 Å². The first-order chi connectivity index (χ1) is 12.8. The lowest BCUT2D eigenvalue weighted by molar-refractivity contribution is 0.0444. The Hall–Kier alpha value is -2.47. The average Bonchev–Trinajstić information content (AvgIpc) is 3.28. The maximum atomic E-state index is 12.4. The minimum Gasteiger partial charge on any atom is -0.451 e. The van der Waals surface area contributed by atoms with E-state index in [2.05, 4.69) is 10.2 Å². The van der Waals surface area contributed by atoms with Crippen LogP contribution in [-0.2, 0) is 24.2 Å². The number of carbonyl (C=O) groups is 1. The van der Waals surface area contributed by atoms with Crippen LogP contribution in [0.4, 0.5) is 0 Å². The van der Waals surface area contributed by atoms with Crippen LogP contribution in [-0.4, -0.2) is 16.2 Å². The maximum absolute atomic E-state index is 12.4. The van der Waals surface area contributed by atoms with Crippen LogP contribution in [0.15, 0.2) is 40.8 Å². The Morgan fingerprint density at radius 2 is 1.88 bits per heavy atom. The molecule has 1 aliphatic carbocycles. The number of carbonyl (C=O) groups excluding carboxylic acids is 1. The Kier molecular flexibility index (Phi) is 5.11. The Morgan fingerprint density at radius 3 is 2.73 bits per heavy atom. The lowest BCUT2D eigenvalue weighted by Gasteiger charge is -2.07. The molecule has 0 fully saturated rings. The molecule has 2 heterocycles. The summed E-state index contributed by atoms with van der Waals surface area (Å²) in [4.78, 5) is 14.4. The van der Waals surface area contributed by atoms with E-state index in [0.29, 0.717) is 16.7 Å². The van der Waals surface area contributed by atoms with E-state index in [1.807, 2.05) is 36.4 Å². The average molecular weight is 368 g/mol. The highest BCUT2D eigenvalue weighted by atomic mass is 32.1. The number of nitrogens with zero attached hydrogens (tertiary/aromatic N) is 2. The third-order valence-electron chi connectivity index (χ3n) is 4.51. The number of aromatic nitrogens is 2. The summed E-state index contributed by atoms with van der Waals surface area (Å²) >= 11 is 1.56. The Balaban J connectivity index is 1.40. The van der Waals surface area contributed by atoms with Crippen LogP contribution in [0.25, 0.3) is 11.5 Å². The predicted molar refractivity (Wildman–Crippen MR) is 99.0 cm³/mol. The molecule has 1 aromatic carbocycles. The Bertz CT molecular complexity index is 860. The van der Waals surface area contributed by atoms with Gasteiger partial charge in [0.15, 0.2) is 6.61 Å².